The third-order valence-corrected chi connectivity index (χ3v) is 12.4. The number of nitrogens with zero attached hydrogens (tertiary/aromatic N) is 1. The van der Waals surface area contributed by atoms with Gasteiger partial charge in [-0.1, -0.05) is 178 Å². The number of hydrogen-bond donors (Lipinski definition) is 0. The molecule has 1 aliphatic carbocycles. The van der Waals surface area contributed by atoms with Crippen LogP contribution >= 0.6 is 0 Å². The van der Waals surface area contributed by atoms with Gasteiger partial charge in [0.15, 0.2) is 0 Å². The highest BCUT2D eigenvalue weighted by molar-refractivity contribution is 6.12. The fourth-order valence-corrected chi connectivity index (χ4v) is 9.42. The molecule has 0 fully saturated rings. The highest BCUT2D eigenvalue weighted by Crippen LogP contribution is 2.50. The van der Waals surface area contributed by atoms with Crippen LogP contribution in [-0.4, -0.2) is 0 Å². The van der Waals surface area contributed by atoms with E-state index in [0.29, 0.717) is 0 Å². The summed E-state index contributed by atoms with van der Waals surface area (Å²) in [5, 5.41) is 7.53. The van der Waals surface area contributed by atoms with Crippen molar-refractivity contribution in [3.05, 3.63) is 223 Å². The van der Waals surface area contributed by atoms with E-state index in [1.807, 2.05) is 0 Å². The van der Waals surface area contributed by atoms with Crippen molar-refractivity contribution >= 4 is 49.4 Å². The van der Waals surface area contributed by atoms with Crippen LogP contribution in [0.25, 0.3) is 76.8 Å². The van der Waals surface area contributed by atoms with E-state index < -0.39 is 0 Å². The first-order valence-electron chi connectivity index (χ1n) is 20.2. The minimum absolute atomic E-state index is 0.0595. The summed E-state index contributed by atoms with van der Waals surface area (Å²) in [6.45, 7) is 4.71. The first-order valence-corrected chi connectivity index (χ1v) is 20.2. The van der Waals surface area contributed by atoms with Gasteiger partial charge in [0.25, 0.3) is 0 Å². The molecule has 10 aromatic carbocycles. The quantitative estimate of drug-likeness (QED) is 0.154. The zero-order valence-corrected chi connectivity index (χ0v) is 32.7. The Bertz CT molecular complexity index is 3190. The summed E-state index contributed by atoms with van der Waals surface area (Å²) in [4.78, 5) is 2.40. The number of hydrogen-bond acceptors (Lipinski definition) is 1. The van der Waals surface area contributed by atoms with Gasteiger partial charge < -0.3 is 4.90 Å². The van der Waals surface area contributed by atoms with Gasteiger partial charge in [0, 0.05) is 22.5 Å². The van der Waals surface area contributed by atoms with E-state index in [4.69, 9.17) is 0 Å². The van der Waals surface area contributed by atoms with Crippen LogP contribution in [0.15, 0.2) is 212 Å². The first kappa shape index (κ1) is 34.1. The molecule has 0 radical (unpaired) electrons. The van der Waals surface area contributed by atoms with Crippen molar-refractivity contribution in [3.8, 4) is 44.5 Å². The van der Waals surface area contributed by atoms with Crippen LogP contribution in [0.3, 0.4) is 0 Å². The van der Waals surface area contributed by atoms with Crippen LogP contribution < -0.4 is 4.90 Å². The van der Waals surface area contributed by atoms with Gasteiger partial charge in [-0.05, 0) is 136 Å². The number of rotatable bonds is 6. The molecule has 11 rings (SSSR count). The predicted molar refractivity (Wildman–Crippen MR) is 248 cm³/mol. The minimum Gasteiger partial charge on any atom is -0.310 e. The Hall–Kier alpha value is -7.22. The Labute approximate surface area is 340 Å². The summed E-state index contributed by atoms with van der Waals surface area (Å²) in [5.74, 6) is 0. The molecule has 0 bridgehead atoms. The van der Waals surface area contributed by atoms with Gasteiger partial charge >= 0.3 is 0 Å². The van der Waals surface area contributed by atoms with E-state index in [1.165, 1.54) is 88.0 Å². The average molecular weight is 740 g/mol. The molecule has 1 aliphatic rings. The molecule has 0 atom stereocenters. The largest absolute Gasteiger partial charge is 0.310 e. The topological polar surface area (TPSA) is 3.24 Å². The Morgan fingerprint density at radius 3 is 1.78 bits per heavy atom. The molecular weight excluding hydrogens is 699 g/mol. The molecule has 0 saturated heterocycles. The normalized spacial score (nSPS) is 12.8. The van der Waals surface area contributed by atoms with Crippen molar-refractivity contribution in [2.24, 2.45) is 0 Å². The fourth-order valence-electron chi connectivity index (χ4n) is 9.42. The molecule has 0 aliphatic heterocycles. The van der Waals surface area contributed by atoms with Gasteiger partial charge in [-0.15, -0.1) is 0 Å². The van der Waals surface area contributed by atoms with E-state index in [-0.39, 0.29) is 5.41 Å². The van der Waals surface area contributed by atoms with Crippen molar-refractivity contribution in [2.45, 2.75) is 19.3 Å². The molecule has 1 nitrogen and oxygen atoms in total. The molecule has 0 heterocycles. The molecule has 1 heteroatoms. The van der Waals surface area contributed by atoms with E-state index in [9.17, 15) is 0 Å². The average Bonchev–Trinajstić information content (AvgIpc) is 3.52. The van der Waals surface area contributed by atoms with Crippen LogP contribution in [0.2, 0.25) is 0 Å². The second-order valence-electron chi connectivity index (χ2n) is 16.2. The van der Waals surface area contributed by atoms with E-state index in [1.54, 1.807) is 0 Å². The minimum atomic E-state index is -0.0595. The zero-order valence-electron chi connectivity index (χ0n) is 32.7. The Kier molecular flexibility index (Phi) is 7.91. The molecule has 0 unspecified atom stereocenters. The third kappa shape index (κ3) is 5.62. The Balaban J connectivity index is 1.02. The van der Waals surface area contributed by atoms with Gasteiger partial charge in [0.1, 0.15) is 0 Å². The van der Waals surface area contributed by atoms with E-state index >= 15 is 0 Å². The fraction of sp³-hybridized carbons (Fsp3) is 0.0526. The maximum absolute atomic E-state index is 2.42. The van der Waals surface area contributed by atoms with Crippen molar-refractivity contribution in [1.82, 2.24) is 0 Å². The monoisotopic (exact) mass is 739 g/mol. The summed E-state index contributed by atoms with van der Waals surface area (Å²) < 4.78 is 0. The lowest BCUT2D eigenvalue weighted by molar-refractivity contribution is 0.660. The Morgan fingerprint density at radius 1 is 0.293 bits per heavy atom. The number of anilines is 3. The van der Waals surface area contributed by atoms with Crippen molar-refractivity contribution in [2.75, 3.05) is 4.90 Å². The van der Waals surface area contributed by atoms with Gasteiger partial charge in [-0.3, -0.25) is 0 Å². The summed E-state index contributed by atoms with van der Waals surface area (Å²) in [6, 6.07) is 78.2. The van der Waals surface area contributed by atoms with Gasteiger partial charge in [0.05, 0.1) is 0 Å². The molecule has 0 N–H and O–H groups in total. The molecule has 0 amide bonds. The van der Waals surface area contributed by atoms with Crippen LogP contribution in [0.5, 0.6) is 0 Å². The third-order valence-electron chi connectivity index (χ3n) is 12.4. The van der Waals surface area contributed by atoms with Gasteiger partial charge in [-0.2, -0.15) is 0 Å². The lowest BCUT2D eigenvalue weighted by Gasteiger charge is -2.27. The first-order chi connectivity index (χ1) is 28.5. The van der Waals surface area contributed by atoms with Crippen molar-refractivity contribution in [3.63, 3.8) is 0 Å². The molecule has 0 aromatic heterocycles. The molecule has 58 heavy (non-hydrogen) atoms. The molecule has 0 spiro atoms. The maximum atomic E-state index is 2.42. The standard InChI is InChI=1S/C57H41N/c1-57(2)55-21-9-8-18-53(55)54-33-28-45(37-56(54)57)41-15-10-16-47(35-41)58(48-31-26-43-34-42(22-23-44(43)36-48)38-12-4-3-5-13-38)46-29-24-40(25-30-46)50-19-11-20-51-49-17-7-6-14-39(49)27-32-52(50)51/h3-37H,1-2H3. The summed E-state index contributed by atoms with van der Waals surface area (Å²) in [6.07, 6.45) is 0. The lowest BCUT2D eigenvalue weighted by atomic mass is 9.81. The van der Waals surface area contributed by atoms with Crippen LogP contribution in [0.4, 0.5) is 17.1 Å². The second-order valence-corrected chi connectivity index (χ2v) is 16.2. The summed E-state index contributed by atoms with van der Waals surface area (Å²) in [7, 11) is 0. The maximum Gasteiger partial charge on any atom is 0.0468 e. The summed E-state index contributed by atoms with van der Waals surface area (Å²) >= 11 is 0. The molecule has 10 aromatic rings. The van der Waals surface area contributed by atoms with Crippen molar-refractivity contribution < 1.29 is 0 Å². The summed E-state index contributed by atoms with van der Waals surface area (Å²) in [5.41, 5.74) is 16.1. The van der Waals surface area contributed by atoms with Crippen molar-refractivity contribution in [1.29, 1.82) is 0 Å². The van der Waals surface area contributed by atoms with Crippen LogP contribution in [0.1, 0.15) is 25.0 Å². The molecule has 0 saturated carbocycles. The van der Waals surface area contributed by atoms with Gasteiger partial charge in [0.2, 0.25) is 0 Å². The Morgan fingerprint density at radius 2 is 0.879 bits per heavy atom. The predicted octanol–water partition coefficient (Wildman–Crippen LogP) is 15.9. The molecular formula is C57H41N. The highest BCUT2D eigenvalue weighted by Gasteiger charge is 2.35. The number of benzene rings is 10. The SMILES string of the molecule is CC1(C)c2ccccc2-c2ccc(-c3cccc(N(c4ccc(-c5cccc6c5ccc5ccccc56)cc4)c4ccc5cc(-c6ccccc6)ccc5c4)c3)cc21. The highest BCUT2D eigenvalue weighted by atomic mass is 15.1. The van der Waals surface area contributed by atoms with E-state index in [0.717, 1.165) is 17.1 Å². The zero-order chi connectivity index (χ0) is 38.8. The molecule has 274 valence electrons. The van der Waals surface area contributed by atoms with Crippen LogP contribution in [-0.2, 0) is 5.41 Å². The smallest absolute Gasteiger partial charge is 0.0468 e. The van der Waals surface area contributed by atoms with Crippen LogP contribution in [0, 0.1) is 0 Å². The lowest BCUT2D eigenvalue weighted by Crippen LogP contribution is -2.14. The van der Waals surface area contributed by atoms with Gasteiger partial charge in [-0.25, -0.2) is 0 Å². The number of fused-ring (bicyclic) bond motifs is 7. The van der Waals surface area contributed by atoms with E-state index in [2.05, 4.69) is 231 Å². The second kappa shape index (κ2) is 13.5.